The Hall–Kier alpha value is -1.90. The van der Waals surface area contributed by atoms with Gasteiger partial charge in [-0.3, -0.25) is 10.7 Å². The third kappa shape index (κ3) is 6.54. The molecule has 16 heavy (non-hydrogen) atoms. The lowest BCUT2D eigenvalue weighted by atomic mass is 10.2. The minimum Gasteiger partial charge on any atom is -0.465 e. The van der Waals surface area contributed by atoms with Gasteiger partial charge in [-0.25, -0.2) is 14.9 Å². The summed E-state index contributed by atoms with van der Waals surface area (Å²) in [6.07, 6.45) is 1.12. The van der Waals surface area contributed by atoms with Crippen LogP contribution in [0.5, 0.6) is 0 Å². The van der Waals surface area contributed by atoms with E-state index in [1.807, 2.05) is 0 Å². The SMILES string of the molecule is COC(=O)C([NH3+])CCC[NH+]=C(N)N[N+](=O)[O-]. The van der Waals surface area contributed by atoms with E-state index in [1.54, 1.807) is 5.43 Å². The van der Waals surface area contributed by atoms with E-state index in [4.69, 9.17) is 5.73 Å². The molecule has 92 valence electrons. The van der Waals surface area contributed by atoms with Gasteiger partial charge in [0.05, 0.1) is 13.7 Å². The van der Waals surface area contributed by atoms with Crippen LogP contribution in [0, 0.1) is 10.1 Å². The second kappa shape index (κ2) is 7.40. The van der Waals surface area contributed by atoms with Gasteiger partial charge >= 0.3 is 11.9 Å². The maximum Gasteiger partial charge on any atom is 0.403 e. The second-order valence-corrected chi connectivity index (χ2v) is 3.07. The molecule has 0 spiro atoms. The maximum absolute atomic E-state index is 10.9. The molecule has 0 saturated carbocycles. The van der Waals surface area contributed by atoms with Crippen LogP contribution in [0.3, 0.4) is 0 Å². The molecular weight excluding hydrogens is 218 g/mol. The number of nitrogens with two attached hydrogens (primary N) is 1. The number of nitrogens with zero attached hydrogens (tertiary/aromatic N) is 1. The van der Waals surface area contributed by atoms with Crippen LogP contribution in [-0.2, 0) is 9.53 Å². The molecule has 0 aliphatic rings. The number of guanidine groups is 1. The minimum absolute atomic E-state index is 0.135. The molecule has 0 saturated heterocycles. The summed E-state index contributed by atoms with van der Waals surface area (Å²) in [5.74, 6) is -0.510. The van der Waals surface area contributed by atoms with Crippen molar-refractivity contribution in [2.24, 2.45) is 5.73 Å². The minimum atomic E-state index is -0.763. The van der Waals surface area contributed by atoms with Gasteiger partial charge in [-0.2, -0.15) is 0 Å². The number of hydrazine groups is 1. The summed E-state index contributed by atoms with van der Waals surface area (Å²) in [4.78, 5) is 23.5. The van der Waals surface area contributed by atoms with Crippen LogP contribution in [0.4, 0.5) is 0 Å². The first kappa shape index (κ1) is 14.1. The van der Waals surface area contributed by atoms with Crippen LogP contribution in [-0.4, -0.2) is 36.7 Å². The molecule has 1 atom stereocenters. The quantitative estimate of drug-likeness (QED) is 0.0914. The van der Waals surface area contributed by atoms with E-state index < -0.39 is 11.1 Å². The van der Waals surface area contributed by atoms with Crippen LogP contribution < -0.4 is 21.9 Å². The zero-order valence-corrected chi connectivity index (χ0v) is 9.06. The number of carbonyl (C=O) groups is 1. The first-order chi connectivity index (χ1) is 7.47. The number of ether oxygens (including phenoxy) is 1. The molecular formula is C7H17N5O4+2. The average Bonchev–Trinajstić information content (AvgIpc) is 2.21. The van der Waals surface area contributed by atoms with E-state index in [0.29, 0.717) is 19.4 Å². The molecule has 9 heteroatoms. The predicted octanol–water partition coefficient (Wildman–Crippen LogP) is -4.27. The monoisotopic (exact) mass is 235 g/mol. The Kier molecular flexibility index (Phi) is 6.52. The molecule has 0 heterocycles. The molecule has 0 fully saturated rings. The van der Waals surface area contributed by atoms with Crippen molar-refractivity contribution in [3.8, 4) is 0 Å². The molecule has 1 unspecified atom stereocenters. The van der Waals surface area contributed by atoms with Crippen molar-refractivity contribution in [2.45, 2.75) is 18.9 Å². The number of hydrogen-bond acceptors (Lipinski definition) is 4. The fourth-order valence-corrected chi connectivity index (χ4v) is 0.994. The summed E-state index contributed by atoms with van der Waals surface area (Å²) < 4.78 is 4.49. The summed E-state index contributed by atoms with van der Waals surface area (Å²) >= 11 is 0. The van der Waals surface area contributed by atoms with Crippen LogP contribution in [0.15, 0.2) is 0 Å². The van der Waals surface area contributed by atoms with Crippen molar-refractivity contribution in [1.82, 2.24) is 5.43 Å². The van der Waals surface area contributed by atoms with Crippen molar-refractivity contribution in [1.29, 1.82) is 0 Å². The summed E-state index contributed by atoms with van der Waals surface area (Å²) in [5, 5.41) is 9.20. The van der Waals surface area contributed by atoms with Crippen molar-refractivity contribution in [3.05, 3.63) is 10.1 Å². The van der Waals surface area contributed by atoms with Gasteiger partial charge in [0.1, 0.15) is 0 Å². The van der Waals surface area contributed by atoms with E-state index in [9.17, 15) is 14.9 Å². The molecule has 0 aromatic rings. The first-order valence-corrected chi connectivity index (χ1v) is 4.65. The molecule has 0 aliphatic heterocycles. The Labute approximate surface area is 92.0 Å². The van der Waals surface area contributed by atoms with Crippen LogP contribution in [0.1, 0.15) is 12.8 Å². The Morgan fingerprint density at radius 2 is 2.38 bits per heavy atom. The highest BCUT2D eigenvalue weighted by Gasteiger charge is 2.16. The molecule has 0 bridgehead atoms. The summed E-state index contributed by atoms with van der Waals surface area (Å²) in [7, 11) is 1.30. The number of nitro groups is 1. The Morgan fingerprint density at radius 1 is 1.75 bits per heavy atom. The maximum atomic E-state index is 10.9. The van der Waals surface area contributed by atoms with Crippen LogP contribution in [0.25, 0.3) is 0 Å². The number of carbonyl (C=O) groups excluding carboxylic acids is 1. The average molecular weight is 235 g/mol. The molecule has 7 N–H and O–H groups in total. The van der Waals surface area contributed by atoms with Gasteiger partial charge < -0.3 is 10.5 Å². The third-order valence-electron chi connectivity index (χ3n) is 1.79. The lowest BCUT2D eigenvalue weighted by Crippen LogP contribution is -2.79. The highest BCUT2D eigenvalue weighted by atomic mass is 16.7. The highest BCUT2D eigenvalue weighted by Crippen LogP contribution is 1.91. The zero-order valence-electron chi connectivity index (χ0n) is 9.06. The van der Waals surface area contributed by atoms with E-state index in [-0.39, 0.29) is 11.9 Å². The van der Waals surface area contributed by atoms with Gasteiger partial charge in [0.15, 0.2) is 6.04 Å². The Balaban J connectivity index is 3.74. The smallest absolute Gasteiger partial charge is 0.403 e. The Bertz CT molecular complexity index is 280. The predicted molar refractivity (Wildman–Crippen MR) is 53.1 cm³/mol. The highest BCUT2D eigenvalue weighted by molar-refractivity contribution is 5.73. The van der Waals surface area contributed by atoms with E-state index in [2.05, 4.69) is 15.5 Å². The zero-order chi connectivity index (χ0) is 12.6. The number of methoxy groups -OCH3 is 1. The van der Waals surface area contributed by atoms with Crippen molar-refractivity contribution < 1.29 is 25.3 Å². The standard InChI is InChI=1S/C7H15N5O4/c1-16-6(13)5(8)3-2-4-10-7(9)11-12(14)15/h5H,2-4,8H2,1H3,(H3,9,10,11)/p+2. The molecule has 0 aliphatic carbocycles. The van der Waals surface area contributed by atoms with Gasteiger partial charge in [-0.15, -0.1) is 0 Å². The van der Waals surface area contributed by atoms with Gasteiger partial charge in [0.2, 0.25) is 5.03 Å². The molecule has 0 radical (unpaired) electrons. The van der Waals surface area contributed by atoms with Gasteiger partial charge in [-0.05, 0) is 6.42 Å². The van der Waals surface area contributed by atoms with Crippen LogP contribution >= 0.6 is 0 Å². The second-order valence-electron chi connectivity index (χ2n) is 3.07. The van der Waals surface area contributed by atoms with Gasteiger partial charge in [0.25, 0.3) is 0 Å². The van der Waals surface area contributed by atoms with Crippen LogP contribution in [0.2, 0.25) is 0 Å². The fourth-order valence-electron chi connectivity index (χ4n) is 0.994. The van der Waals surface area contributed by atoms with E-state index >= 15 is 0 Å². The number of hydrogen-bond donors (Lipinski definition) is 4. The summed E-state index contributed by atoms with van der Waals surface area (Å²) in [6, 6.07) is -0.434. The molecule has 0 aromatic carbocycles. The number of nitrogens with one attached hydrogen (secondary N) is 2. The van der Waals surface area contributed by atoms with Gasteiger partial charge in [0, 0.05) is 11.8 Å². The van der Waals surface area contributed by atoms with Crippen molar-refractivity contribution >= 4 is 11.9 Å². The summed E-state index contributed by atoms with van der Waals surface area (Å²) in [6.45, 7) is 0.412. The fraction of sp³-hybridized carbons (Fsp3) is 0.714. The molecule has 0 aromatic heterocycles. The molecule has 9 nitrogen and oxygen atoms in total. The summed E-state index contributed by atoms with van der Waals surface area (Å²) in [5.41, 5.74) is 10.6. The first-order valence-electron chi connectivity index (χ1n) is 4.65. The van der Waals surface area contributed by atoms with E-state index in [1.165, 1.54) is 7.11 Å². The van der Waals surface area contributed by atoms with E-state index in [0.717, 1.165) is 0 Å². The topological polar surface area (TPSA) is 149 Å². The molecule has 0 rings (SSSR count). The van der Waals surface area contributed by atoms with Crippen molar-refractivity contribution in [3.63, 3.8) is 0 Å². The largest absolute Gasteiger partial charge is 0.465 e. The third-order valence-corrected chi connectivity index (χ3v) is 1.79. The van der Waals surface area contributed by atoms with Gasteiger partial charge in [-0.1, -0.05) is 0 Å². The van der Waals surface area contributed by atoms with Crippen molar-refractivity contribution in [2.75, 3.05) is 13.7 Å². The lowest BCUT2D eigenvalue weighted by Gasteiger charge is -2.03. The number of esters is 1. The number of rotatable bonds is 6. The molecule has 0 amide bonds. The number of quaternary nitrogens is 1. The Morgan fingerprint density at radius 3 is 2.88 bits per heavy atom. The normalized spacial score (nSPS) is 13.0. The lowest BCUT2D eigenvalue weighted by molar-refractivity contribution is -0.547.